The maximum atomic E-state index is 12.9. The Morgan fingerprint density at radius 2 is 1.78 bits per heavy atom. The van der Waals surface area contributed by atoms with Crippen molar-refractivity contribution in [1.82, 2.24) is 0 Å². The van der Waals surface area contributed by atoms with Crippen LogP contribution in [0.3, 0.4) is 0 Å². The summed E-state index contributed by atoms with van der Waals surface area (Å²) in [4.78, 5) is 13.7. The summed E-state index contributed by atoms with van der Waals surface area (Å²) in [5.74, 6) is 0.286. The Hall–Kier alpha value is -3.17. The van der Waals surface area contributed by atoms with Crippen LogP contribution in [0.5, 0.6) is 5.75 Å². The molecule has 1 unspecified atom stereocenters. The van der Waals surface area contributed by atoms with E-state index >= 15 is 0 Å². The van der Waals surface area contributed by atoms with E-state index in [9.17, 15) is 23.1 Å². The lowest BCUT2D eigenvalue weighted by Gasteiger charge is -2.23. The average molecular weight is 516 g/mol. The van der Waals surface area contributed by atoms with Gasteiger partial charge in [-0.05, 0) is 77.9 Å². The van der Waals surface area contributed by atoms with E-state index in [0.717, 1.165) is 58.5 Å². The molecule has 0 amide bonds. The molecule has 0 bridgehead atoms. The van der Waals surface area contributed by atoms with E-state index in [4.69, 9.17) is 9.84 Å². The second-order valence-corrected chi connectivity index (χ2v) is 9.89. The highest BCUT2D eigenvalue weighted by atomic mass is 32.2. The molecule has 0 spiro atoms. The van der Waals surface area contributed by atoms with E-state index in [-0.39, 0.29) is 6.61 Å². The molecule has 5 nitrogen and oxygen atoms in total. The highest BCUT2D eigenvalue weighted by Crippen LogP contribution is 2.42. The highest BCUT2D eigenvalue weighted by molar-refractivity contribution is 7.98. The Kier molecular flexibility index (Phi) is 6.61. The van der Waals surface area contributed by atoms with Crippen LogP contribution in [0.15, 0.2) is 59.5 Å². The number of carboxylic acid groups (broad SMARTS) is 1. The molecule has 0 aromatic heterocycles. The number of carboxylic acids is 1. The molecule has 1 atom stereocenters. The molecular weight excluding hydrogens is 491 g/mol. The molecule has 0 fully saturated rings. The Balaban J connectivity index is 1.34. The molecule has 0 saturated heterocycles. The van der Waals surface area contributed by atoms with Crippen LogP contribution >= 0.6 is 11.8 Å². The smallest absolute Gasteiger partial charge is 0.416 e. The minimum atomic E-state index is -4.41. The van der Waals surface area contributed by atoms with Gasteiger partial charge >= 0.3 is 12.1 Å². The van der Waals surface area contributed by atoms with E-state index in [1.807, 2.05) is 30.3 Å². The number of anilines is 1. The molecule has 5 rings (SSSR count). The molecule has 188 valence electrons. The molecule has 2 N–H and O–H groups in total. The molecule has 3 aromatic rings. The molecule has 0 radical (unpaired) electrons. The maximum Gasteiger partial charge on any atom is 0.416 e. The zero-order valence-electron chi connectivity index (χ0n) is 19.2. The number of hydrogen-bond acceptors (Lipinski definition) is 5. The van der Waals surface area contributed by atoms with Crippen LogP contribution in [0.1, 0.15) is 46.0 Å². The van der Waals surface area contributed by atoms with E-state index in [1.165, 1.54) is 17.7 Å². The van der Waals surface area contributed by atoms with Crippen molar-refractivity contribution in [2.24, 2.45) is 0 Å². The molecular formula is C27H24F3NO4S. The van der Waals surface area contributed by atoms with Crippen LogP contribution < -0.4 is 9.64 Å². The van der Waals surface area contributed by atoms with Gasteiger partial charge < -0.3 is 19.8 Å². The van der Waals surface area contributed by atoms with Gasteiger partial charge in [-0.15, -0.1) is 11.8 Å². The monoisotopic (exact) mass is 515 g/mol. The Morgan fingerprint density at radius 3 is 2.50 bits per heavy atom. The van der Waals surface area contributed by atoms with Crippen molar-refractivity contribution in [2.45, 2.75) is 48.9 Å². The zero-order valence-corrected chi connectivity index (χ0v) is 20.0. The average Bonchev–Trinajstić information content (AvgIpc) is 3.47. The number of carbonyl (C=O) groups is 1. The van der Waals surface area contributed by atoms with Gasteiger partial charge in [0.15, 0.2) is 12.8 Å². The van der Waals surface area contributed by atoms with Gasteiger partial charge in [0.2, 0.25) is 0 Å². The first-order valence-electron chi connectivity index (χ1n) is 11.6. The van der Waals surface area contributed by atoms with Crippen LogP contribution in [0.2, 0.25) is 0 Å². The second kappa shape index (κ2) is 9.71. The fourth-order valence-electron chi connectivity index (χ4n) is 4.93. The first kappa shape index (κ1) is 24.5. The van der Waals surface area contributed by atoms with Gasteiger partial charge in [0.1, 0.15) is 5.75 Å². The molecule has 2 aliphatic rings. The zero-order chi connectivity index (χ0) is 25.4. The fourth-order valence-corrected chi connectivity index (χ4v) is 6.07. The van der Waals surface area contributed by atoms with Crippen LogP contribution in [-0.4, -0.2) is 22.8 Å². The number of fused-ring (bicyclic) bond motifs is 2. The quantitative estimate of drug-likeness (QED) is 0.379. The number of thioether (sulfide) groups is 1. The third kappa shape index (κ3) is 4.77. The number of halogens is 3. The van der Waals surface area contributed by atoms with Crippen molar-refractivity contribution < 1.29 is 32.9 Å². The first-order chi connectivity index (χ1) is 17.2. The number of nitrogens with zero attached hydrogens (tertiary/aromatic N) is 1. The van der Waals surface area contributed by atoms with Gasteiger partial charge in [0, 0.05) is 28.4 Å². The number of aliphatic hydroxyl groups excluding tert-OH is 1. The third-order valence-electron chi connectivity index (χ3n) is 6.67. The SMILES string of the molecule is O=C(O)COc1ccc(SCc2cccc3c2CN(c2ccc(C(F)(F)F)cc2)C3O)c2c1CCC2. The lowest BCUT2D eigenvalue weighted by molar-refractivity contribution is -0.139. The number of rotatable bonds is 7. The topological polar surface area (TPSA) is 70.0 Å². The minimum absolute atomic E-state index is 0.368. The summed E-state index contributed by atoms with van der Waals surface area (Å²) in [6.45, 7) is 0.0332. The van der Waals surface area contributed by atoms with E-state index in [1.54, 1.807) is 16.7 Å². The molecule has 3 aromatic carbocycles. The number of alkyl halides is 3. The van der Waals surface area contributed by atoms with Crippen LogP contribution in [0.25, 0.3) is 0 Å². The van der Waals surface area contributed by atoms with Crippen molar-refractivity contribution >= 4 is 23.4 Å². The maximum absolute atomic E-state index is 12.9. The second-order valence-electron chi connectivity index (χ2n) is 8.87. The molecule has 36 heavy (non-hydrogen) atoms. The van der Waals surface area contributed by atoms with Crippen LogP contribution in [0.4, 0.5) is 18.9 Å². The number of hydrogen-bond donors (Lipinski definition) is 2. The summed E-state index contributed by atoms with van der Waals surface area (Å²) in [6.07, 6.45) is -2.58. The lowest BCUT2D eigenvalue weighted by Crippen LogP contribution is -2.21. The summed E-state index contributed by atoms with van der Waals surface area (Å²) < 4.78 is 44.3. The molecule has 0 saturated carbocycles. The number of aliphatic carboxylic acids is 1. The van der Waals surface area contributed by atoms with Crippen molar-refractivity contribution in [2.75, 3.05) is 11.5 Å². The lowest BCUT2D eigenvalue weighted by atomic mass is 10.0. The van der Waals surface area contributed by atoms with Gasteiger partial charge in [0.05, 0.1) is 5.56 Å². The van der Waals surface area contributed by atoms with Gasteiger partial charge in [-0.25, -0.2) is 4.79 Å². The van der Waals surface area contributed by atoms with Gasteiger partial charge in [-0.1, -0.05) is 18.2 Å². The summed E-state index contributed by atoms with van der Waals surface area (Å²) >= 11 is 1.68. The van der Waals surface area contributed by atoms with E-state index < -0.39 is 23.9 Å². The predicted octanol–water partition coefficient (Wildman–Crippen LogP) is 5.96. The fraction of sp³-hybridized carbons (Fsp3) is 0.296. The number of ether oxygens (including phenoxy) is 1. The Bertz CT molecular complexity index is 1290. The van der Waals surface area contributed by atoms with Crippen LogP contribution in [-0.2, 0) is 36.1 Å². The van der Waals surface area contributed by atoms with Gasteiger partial charge in [-0.2, -0.15) is 13.2 Å². The van der Waals surface area contributed by atoms with Gasteiger partial charge in [-0.3, -0.25) is 0 Å². The van der Waals surface area contributed by atoms with Gasteiger partial charge in [0.25, 0.3) is 0 Å². The summed E-state index contributed by atoms with van der Waals surface area (Å²) in [7, 11) is 0. The Labute approximate surface area is 210 Å². The number of aliphatic hydroxyl groups is 1. The summed E-state index contributed by atoms with van der Waals surface area (Å²) in [5, 5.41) is 19.8. The highest BCUT2D eigenvalue weighted by Gasteiger charge is 2.33. The van der Waals surface area contributed by atoms with Crippen molar-refractivity contribution in [3.8, 4) is 5.75 Å². The summed E-state index contributed by atoms with van der Waals surface area (Å²) in [5.41, 5.74) is 4.88. The summed E-state index contributed by atoms with van der Waals surface area (Å²) in [6, 6.07) is 14.4. The predicted molar refractivity (Wildman–Crippen MR) is 130 cm³/mol. The van der Waals surface area contributed by atoms with Crippen molar-refractivity contribution in [1.29, 1.82) is 0 Å². The Morgan fingerprint density at radius 1 is 1.03 bits per heavy atom. The first-order valence-corrected chi connectivity index (χ1v) is 12.6. The molecule has 1 aliphatic heterocycles. The molecule has 9 heteroatoms. The normalized spacial score (nSPS) is 16.7. The van der Waals surface area contributed by atoms with E-state index in [2.05, 4.69) is 0 Å². The standard InChI is InChI=1S/C27H24F3NO4S/c28-27(29,30)17-7-9-18(10-8-17)31-13-22-16(3-1-6-21(22)26(31)34)15-36-24-12-11-23(35-14-25(32)33)19-4-2-5-20(19)24/h1,3,6-12,26,34H,2,4-5,13-15H2,(H,32,33). The van der Waals surface area contributed by atoms with Crippen LogP contribution in [0, 0.1) is 0 Å². The van der Waals surface area contributed by atoms with E-state index in [0.29, 0.717) is 23.7 Å². The minimum Gasteiger partial charge on any atom is -0.482 e. The molecule has 1 aliphatic carbocycles. The molecule has 1 heterocycles. The number of benzene rings is 3. The third-order valence-corrected chi connectivity index (χ3v) is 7.82. The largest absolute Gasteiger partial charge is 0.482 e. The van der Waals surface area contributed by atoms with Crippen molar-refractivity contribution in [3.63, 3.8) is 0 Å². The van der Waals surface area contributed by atoms with Crippen molar-refractivity contribution in [3.05, 3.63) is 88.0 Å².